The Morgan fingerprint density at radius 2 is 1.77 bits per heavy atom. The lowest BCUT2D eigenvalue weighted by Crippen LogP contribution is -2.57. The molecule has 26 heavy (non-hydrogen) atoms. The Morgan fingerprint density at radius 3 is 2.31 bits per heavy atom. The number of ether oxygens (including phenoxy) is 3. The first kappa shape index (κ1) is 20.2. The van der Waals surface area contributed by atoms with E-state index in [2.05, 4.69) is 4.99 Å². The number of aliphatic imine (C=N–C) groups is 1. The van der Waals surface area contributed by atoms with Crippen LogP contribution in [-0.4, -0.2) is 77.9 Å². The van der Waals surface area contributed by atoms with Crippen LogP contribution >= 0.6 is 0 Å². The van der Waals surface area contributed by atoms with E-state index in [1.807, 2.05) is 0 Å². The molecular formula is C18H25NO7. The fourth-order valence-electron chi connectivity index (χ4n) is 2.81. The van der Waals surface area contributed by atoms with E-state index < -0.39 is 30.5 Å². The summed E-state index contributed by atoms with van der Waals surface area (Å²) in [6.45, 7) is 1.35. The van der Waals surface area contributed by atoms with Gasteiger partial charge in [-0.25, -0.2) is 0 Å². The number of aromatic hydroxyl groups is 1. The highest BCUT2D eigenvalue weighted by atomic mass is 16.5. The molecule has 4 N–H and O–H groups in total. The van der Waals surface area contributed by atoms with Gasteiger partial charge >= 0.3 is 0 Å². The summed E-state index contributed by atoms with van der Waals surface area (Å²) in [6.07, 6.45) is 1.26. The molecule has 5 atom stereocenters. The van der Waals surface area contributed by atoms with Gasteiger partial charge in [0.2, 0.25) is 5.75 Å². The Hall–Kier alpha value is -2.13. The first-order valence-corrected chi connectivity index (χ1v) is 8.20. The van der Waals surface area contributed by atoms with Gasteiger partial charge in [-0.05, 0) is 30.7 Å². The van der Waals surface area contributed by atoms with Crippen LogP contribution in [0.1, 0.15) is 12.5 Å². The lowest BCUT2D eigenvalue weighted by Gasteiger charge is -2.39. The predicted octanol–water partition coefficient (Wildman–Crippen LogP) is 0.363. The molecule has 1 aliphatic heterocycles. The van der Waals surface area contributed by atoms with Crippen LogP contribution in [0.15, 0.2) is 23.2 Å². The molecule has 0 saturated carbocycles. The normalized spacial score (nSPS) is 29.4. The van der Waals surface area contributed by atoms with Crippen molar-refractivity contribution in [2.24, 2.45) is 4.99 Å². The van der Waals surface area contributed by atoms with Crippen LogP contribution < -0.4 is 9.47 Å². The number of allylic oxidation sites excluding steroid dienone is 1. The summed E-state index contributed by atoms with van der Waals surface area (Å²) in [5.74, 6) is 0.484. The van der Waals surface area contributed by atoms with Crippen molar-refractivity contribution in [2.75, 3.05) is 20.8 Å². The summed E-state index contributed by atoms with van der Waals surface area (Å²) in [6, 6.07) is 2.62. The smallest absolute Gasteiger partial charge is 0.200 e. The molecule has 0 radical (unpaired) electrons. The van der Waals surface area contributed by atoms with Crippen LogP contribution in [0.3, 0.4) is 0 Å². The van der Waals surface area contributed by atoms with Crippen molar-refractivity contribution in [3.63, 3.8) is 0 Å². The second kappa shape index (κ2) is 9.00. The van der Waals surface area contributed by atoms with Crippen LogP contribution in [0.5, 0.6) is 17.2 Å². The van der Waals surface area contributed by atoms with Gasteiger partial charge in [0.05, 0.1) is 26.9 Å². The van der Waals surface area contributed by atoms with Crippen LogP contribution in [-0.2, 0) is 4.74 Å². The van der Waals surface area contributed by atoms with Crippen molar-refractivity contribution in [3.8, 4) is 17.2 Å². The molecule has 1 aromatic rings. The summed E-state index contributed by atoms with van der Waals surface area (Å²) >= 11 is 0. The van der Waals surface area contributed by atoms with Gasteiger partial charge in [-0.3, -0.25) is 4.99 Å². The van der Waals surface area contributed by atoms with Crippen LogP contribution in [0, 0.1) is 0 Å². The molecule has 1 saturated heterocycles. The second-order valence-corrected chi connectivity index (χ2v) is 5.97. The zero-order valence-corrected chi connectivity index (χ0v) is 14.9. The number of hydrogen-bond acceptors (Lipinski definition) is 8. The van der Waals surface area contributed by atoms with Crippen molar-refractivity contribution >= 4 is 12.3 Å². The molecule has 8 heteroatoms. The van der Waals surface area contributed by atoms with Gasteiger partial charge in [-0.2, -0.15) is 0 Å². The maximum absolute atomic E-state index is 10.2. The second-order valence-electron chi connectivity index (χ2n) is 5.97. The third-order valence-corrected chi connectivity index (χ3v) is 4.27. The number of benzene rings is 1. The SMILES string of the molecule is COc1cc(/C=C/C=NC2C(C)OC(CO)C(O)C2O)cc(OC)c1O. The number of aliphatic hydroxyl groups excluding tert-OH is 3. The fraction of sp³-hybridized carbons (Fsp3) is 0.500. The van der Waals surface area contributed by atoms with E-state index >= 15 is 0 Å². The largest absolute Gasteiger partial charge is 0.502 e. The quantitative estimate of drug-likeness (QED) is 0.536. The number of phenols is 1. The molecule has 0 amide bonds. The van der Waals surface area contributed by atoms with Crippen LogP contribution in [0.25, 0.3) is 6.08 Å². The van der Waals surface area contributed by atoms with Gasteiger partial charge in [0.25, 0.3) is 0 Å². The van der Waals surface area contributed by atoms with Crippen LogP contribution in [0.4, 0.5) is 0 Å². The Labute approximate surface area is 152 Å². The minimum Gasteiger partial charge on any atom is -0.502 e. The van der Waals surface area contributed by atoms with Crippen molar-refractivity contribution in [1.82, 2.24) is 0 Å². The average Bonchev–Trinajstić information content (AvgIpc) is 2.64. The standard InChI is InChI=1S/C18H25NO7/c1-10-15(18(23)17(22)14(9-20)26-10)19-6-4-5-11-7-12(24-2)16(21)13(8-11)25-3/h4-8,10,14-15,17-18,20-23H,9H2,1-3H3/b5-4+,19-6?. The lowest BCUT2D eigenvalue weighted by atomic mass is 9.94. The monoisotopic (exact) mass is 367 g/mol. The number of phenolic OH excluding ortho intramolecular Hbond substituents is 1. The molecule has 0 aliphatic carbocycles. The maximum atomic E-state index is 10.2. The summed E-state index contributed by atoms with van der Waals surface area (Å²) in [7, 11) is 2.89. The van der Waals surface area contributed by atoms with Crippen molar-refractivity contribution in [2.45, 2.75) is 37.4 Å². The first-order chi connectivity index (χ1) is 12.4. The third-order valence-electron chi connectivity index (χ3n) is 4.27. The Bertz CT molecular complexity index is 636. The highest BCUT2D eigenvalue weighted by molar-refractivity contribution is 5.79. The maximum Gasteiger partial charge on any atom is 0.200 e. The molecule has 8 nitrogen and oxygen atoms in total. The number of methoxy groups -OCH3 is 2. The zero-order valence-electron chi connectivity index (χ0n) is 14.9. The number of hydrogen-bond donors (Lipinski definition) is 4. The van der Waals surface area contributed by atoms with E-state index in [1.54, 1.807) is 31.2 Å². The molecule has 1 heterocycles. The summed E-state index contributed by atoms with van der Waals surface area (Å²) in [5.41, 5.74) is 0.719. The lowest BCUT2D eigenvalue weighted by molar-refractivity contribution is -0.183. The van der Waals surface area contributed by atoms with E-state index in [1.165, 1.54) is 20.4 Å². The zero-order chi connectivity index (χ0) is 19.3. The predicted molar refractivity (Wildman–Crippen MR) is 96.0 cm³/mol. The van der Waals surface area contributed by atoms with Gasteiger partial charge in [0, 0.05) is 6.21 Å². The van der Waals surface area contributed by atoms with Gasteiger partial charge in [-0.15, -0.1) is 0 Å². The van der Waals surface area contributed by atoms with E-state index in [-0.39, 0.29) is 23.9 Å². The van der Waals surface area contributed by atoms with Gasteiger partial charge in [-0.1, -0.05) is 6.08 Å². The molecule has 1 aliphatic rings. The Morgan fingerprint density at radius 1 is 1.15 bits per heavy atom. The minimum absolute atomic E-state index is 0.0791. The van der Waals surface area contributed by atoms with E-state index in [0.717, 1.165) is 5.56 Å². The van der Waals surface area contributed by atoms with Crippen molar-refractivity contribution < 1.29 is 34.6 Å². The number of nitrogens with zero attached hydrogens (tertiary/aromatic N) is 1. The van der Waals surface area contributed by atoms with Gasteiger partial charge < -0.3 is 34.6 Å². The topological polar surface area (TPSA) is 121 Å². The van der Waals surface area contributed by atoms with E-state index in [0.29, 0.717) is 0 Å². The summed E-state index contributed by atoms with van der Waals surface area (Å²) < 4.78 is 15.7. The highest BCUT2D eigenvalue weighted by Crippen LogP contribution is 2.37. The molecule has 1 fully saturated rings. The van der Waals surface area contributed by atoms with Crippen molar-refractivity contribution in [3.05, 3.63) is 23.8 Å². The third kappa shape index (κ3) is 4.34. The number of rotatable bonds is 6. The molecule has 1 aromatic carbocycles. The fourth-order valence-corrected chi connectivity index (χ4v) is 2.81. The minimum atomic E-state index is -1.20. The molecule has 144 valence electrons. The molecule has 5 unspecified atom stereocenters. The van der Waals surface area contributed by atoms with Gasteiger partial charge in [0.15, 0.2) is 11.5 Å². The Balaban J connectivity index is 2.10. The molecular weight excluding hydrogens is 342 g/mol. The molecule has 2 rings (SSSR count). The highest BCUT2D eigenvalue weighted by Gasteiger charge is 2.41. The van der Waals surface area contributed by atoms with Crippen LogP contribution in [0.2, 0.25) is 0 Å². The van der Waals surface area contributed by atoms with Gasteiger partial charge in [0.1, 0.15) is 24.4 Å². The summed E-state index contributed by atoms with van der Waals surface area (Å²) in [5, 5.41) is 39.1. The number of aliphatic hydroxyl groups is 3. The molecule has 0 aromatic heterocycles. The Kier molecular flexibility index (Phi) is 6.98. The molecule has 0 bridgehead atoms. The first-order valence-electron chi connectivity index (χ1n) is 8.20. The van der Waals surface area contributed by atoms with E-state index in [4.69, 9.17) is 19.3 Å². The molecule has 0 spiro atoms. The van der Waals surface area contributed by atoms with E-state index in [9.17, 15) is 15.3 Å². The average molecular weight is 367 g/mol. The van der Waals surface area contributed by atoms with Crippen molar-refractivity contribution in [1.29, 1.82) is 0 Å². The summed E-state index contributed by atoms with van der Waals surface area (Å²) in [4.78, 5) is 4.24.